The molecule has 0 bridgehead atoms. The molecule has 1 amide bonds. The second-order valence-corrected chi connectivity index (χ2v) is 7.54. The van der Waals surface area contributed by atoms with Crippen LogP contribution in [0.15, 0.2) is 24.3 Å². The molecule has 0 spiro atoms. The molecule has 1 aromatic rings. The van der Waals surface area contributed by atoms with Crippen LogP contribution in [-0.2, 0) is 14.3 Å². The number of nitrogens with zero attached hydrogens (tertiary/aromatic N) is 3. The van der Waals surface area contributed by atoms with E-state index in [1.54, 1.807) is 24.0 Å². The molecule has 0 saturated carbocycles. The second-order valence-electron chi connectivity index (χ2n) is 7.54. The number of amides is 1. The highest BCUT2D eigenvalue weighted by Gasteiger charge is 2.35. The number of nitrogens with one attached hydrogen (secondary N) is 1. The van der Waals surface area contributed by atoms with Gasteiger partial charge in [0, 0.05) is 24.4 Å². The first-order chi connectivity index (χ1) is 14.0. The lowest BCUT2D eigenvalue weighted by Crippen LogP contribution is -3.16. The van der Waals surface area contributed by atoms with E-state index in [2.05, 4.69) is 4.90 Å². The first-order valence-corrected chi connectivity index (χ1v) is 10.3. The van der Waals surface area contributed by atoms with Crippen LogP contribution in [0.5, 0.6) is 0 Å². The van der Waals surface area contributed by atoms with E-state index in [1.165, 1.54) is 17.0 Å². The van der Waals surface area contributed by atoms with Gasteiger partial charge in [-0.3, -0.25) is 14.9 Å². The zero-order valence-electron chi connectivity index (χ0n) is 16.8. The van der Waals surface area contributed by atoms with Gasteiger partial charge in [0.25, 0.3) is 11.6 Å². The summed E-state index contributed by atoms with van der Waals surface area (Å²) in [6.45, 7) is 6.27. The highest BCUT2D eigenvalue weighted by Crippen LogP contribution is 2.20. The third kappa shape index (κ3) is 5.23. The molecule has 1 N–H and O–H groups in total. The summed E-state index contributed by atoms with van der Waals surface area (Å²) in [5, 5.41) is 10.8. The topological polar surface area (TPSA) is 97.4 Å². The van der Waals surface area contributed by atoms with Gasteiger partial charge >= 0.3 is 5.97 Å². The number of nitro benzene ring substituents is 1. The Morgan fingerprint density at radius 2 is 1.86 bits per heavy atom. The average molecular weight is 405 g/mol. The number of carbonyl (C=O) groups is 2. The fourth-order valence-corrected chi connectivity index (χ4v) is 4.07. The van der Waals surface area contributed by atoms with Gasteiger partial charge in [0.15, 0.2) is 6.54 Å². The van der Waals surface area contributed by atoms with Crippen LogP contribution in [0, 0.1) is 10.1 Å². The number of piperazine rings is 1. The predicted molar refractivity (Wildman–Crippen MR) is 107 cm³/mol. The van der Waals surface area contributed by atoms with Crippen molar-refractivity contribution in [3.8, 4) is 0 Å². The summed E-state index contributed by atoms with van der Waals surface area (Å²) in [5.74, 6) is -0.278. The Hall–Kier alpha value is -2.68. The van der Waals surface area contributed by atoms with Crippen LogP contribution in [-0.4, -0.2) is 73.6 Å². The minimum Gasteiger partial charge on any atom is -0.464 e. The maximum Gasteiger partial charge on any atom is 0.328 e. The molecule has 9 nitrogen and oxygen atoms in total. The lowest BCUT2D eigenvalue weighted by molar-refractivity contribution is -0.892. The van der Waals surface area contributed by atoms with Gasteiger partial charge in [0.2, 0.25) is 0 Å². The summed E-state index contributed by atoms with van der Waals surface area (Å²) < 4.78 is 5.15. The number of benzene rings is 1. The normalized spacial score (nSPS) is 20.4. The standard InChI is InChI=1S/C20H28N4O5/c1-2-29-20(26)18-5-3-4-10-23(18)19(25)15-21-11-13-22(14-12-21)16-6-8-17(9-7-16)24(27)28/h6-9,18H,2-5,10-15H2,1H3/p+1/t18-/m0/s1. The van der Waals surface area contributed by atoms with Crippen molar-refractivity contribution in [2.75, 3.05) is 50.8 Å². The summed E-state index contributed by atoms with van der Waals surface area (Å²) in [6, 6.07) is 6.13. The number of esters is 1. The molecule has 0 aromatic heterocycles. The molecule has 0 radical (unpaired) electrons. The minimum absolute atomic E-state index is 0.0153. The van der Waals surface area contributed by atoms with E-state index in [0.717, 1.165) is 44.7 Å². The zero-order valence-corrected chi connectivity index (χ0v) is 16.8. The smallest absolute Gasteiger partial charge is 0.328 e. The molecule has 29 heavy (non-hydrogen) atoms. The summed E-state index contributed by atoms with van der Waals surface area (Å²) in [7, 11) is 0. The van der Waals surface area contributed by atoms with Gasteiger partial charge in [0.05, 0.1) is 37.7 Å². The number of quaternary nitrogens is 1. The molecule has 158 valence electrons. The molecule has 9 heteroatoms. The van der Waals surface area contributed by atoms with E-state index in [9.17, 15) is 19.7 Å². The molecular weight excluding hydrogens is 376 g/mol. The summed E-state index contributed by atoms with van der Waals surface area (Å²) >= 11 is 0. The van der Waals surface area contributed by atoms with E-state index < -0.39 is 11.0 Å². The minimum atomic E-state index is -0.447. The van der Waals surface area contributed by atoms with Gasteiger partial charge in [0.1, 0.15) is 6.04 Å². The first-order valence-electron chi connectivity index (χ1n) is 10.3. The van der Waals surface area contributed by atoms with Crippen LogP contribution in [0.2, 0.25) is 0 Å². The highest BCUT2D eigenvalue weighted by molar-refractivity contribution is 5.85. The Morgan fingerprint density at radius 3 is 2.48 bits per heavy atom. The van der Waals surface area contributed by atoms with Crippen LogP contribution in [0.4, 0.5) is 11.4 Å². The van der Waals surface area contributed by atoms with E-state index in [1.807, 2.05) is 0 Å². The van der Waals surface area contributed by atoms with Crippen molar-refractivity contribution in [1.29, 1.82) is 0 Å². The fourth-order valence-electron chi connectivity index (χ4n) is 4.07. The lowest BCUT2D eigenvalue weighted by atomic mass is 10.0. The molecule has 0 aliphatic carbocycles. The third-order valence-electron chi connectivity index (χ3n) is 5.68. The van der Waals surface area contributed by atoms with E-state index in [0.29, 0.717) is 26.1 Å². The largest absolute Gasteiger partial charge is 0.464 e. The SMILES string of the molecule is CCOC(=O)[C@@H]1CCCCN1C(=O)C[NH+]1CCN(c2ccc([N+](=O)[O-])cc2)CC1. The van der Waals surface area contributed by atoms with E-state index >= 15 is 0 Å². The maximum atomic E-state index is 12.9. The average Bonchev–Trinajstić information content (AvgIpc) is 2.74. The number of piperidine rings is 1. The number of carbonyl (C=O) groups excluding carboxylic acids is 2. The van der Waals surface area contributed by atoms with Crippen molar-refractivity contribution in [3.05, 3.63) is 34.4 Å². The molecule has 3 rings (SSSR count). The zero-order chi connectivity index (χ0) is 20.8. The number of hydrogen-bond donors (Lipinski definition) is 1. The monoisotopic (exact) mass is 405 g/mol. The van der Waals surface area contributed by atoms with Gasteiger partial charge in [-0.15, -0.1) is 0 Å². The van der Waals surface area contributed by atoms with Gasteiger partial charge in [-0.05, 0) is 38.3 Å². The molecular formula is C20H29N4O5+. The van der Waals surface area contributed by atoms with Crippen molar-refractivity contribution in [3.63, 3.8) is 0 Å². The molecule has 2 fully saturated rings. The Bertz CT molecular complexity index is 731. The molecule has 0 unspecified atom stereocenters. The Kier molecular flexibility index (Phi) is 7.03. The van der Waals surface area contributed by atoms with Gasteiger partial charge in [-0.1, -0.05) is 0 Å². The molecule has 2 aliphatic rings. The first kappa shape index (κ1) is 21.0. The lowest BCUT2D eigenvalue weighted by Gasteiger charge is -2.37. The Morgan fingerprint density at radius 1 is 1.17 bits per heavy atom. The summed E-state index contributed by atoms with van der Waals surface area (Å²) in [5.41, 5.74) is 1.04. The van der Waals surface area contributed by atoms with Crippen molar-refractivity contribution < 1.29 is 24.1 Å². The van der Waals surface area contributed by atoms with Crippen LogP contribution in [0.1, 0.15) is 26.2 Å². The van der Waals surface area contributed by atoms with E-state index in [-0.39, 0.29) is 17.6 Å². The van der Waals surface area contributed by atoms with Crippen molar-refractivity contribution in [2.24, 2.45) is 0 Å². The van der Waals surface area contributed by atoms with Crippen molar-refractivity contribution in [2.45, 2.75) is 32.2 Å². The van der Waals surface area contributed by atoms with Crippen molar-refractivity contribution >= 4 is 23.3 Å². The Labute approximate surface area is 170 Å². The summed E-state index contributed by atoms with van der Waals surface area (Å²) in [4.78, 5) is 40.5. The second kappa shape index (κ2) is 9.69. The number of rotatable bonds is 6. The van der Waals surface area contributed by atoms with Gasteiger partial charge in [-0.25, -0.2) is 4.79 Å². The number of nitro groups is 1. The van der Waals surface area contributed by atoms with Crippen LogP contribution < -0.4 is 9.80 Å². The van der Waals surface area contributed by atoms with Crippen LogP contribution in [0.25, 0.3) is 0 Å². The number of likely N-dealkylation sites (tertiary alicyclic amines) is 1. The molecule has 1 aromatic carbocycles. The van der Waals surface area contributed by atoms with Crippen LogP contribution >= 0.6 is 0 Å². The highest BCUT2D eigenvalue weighted by atomic mass is 16.6. The predicted octanol–water partition coefficient (Wildman–Crippen LogP) is 0.244. The number of non-ortho nitro benzene ring substituents is 1. The van der Waals surface area contributed by atoms with Gasteiger partial charge < -0.3 is 19.4 Å². The molecule has 2 saturated heterocycles. The number of hydrogen-bond acceptors (Lipinski definition) is 6. The third-order valence-corrected chi connectivity index (χ3v) is 5.68. The maximum absolute atomic E-state index is 12.9. The number of anilines is 1. The van der Waals surface area contributed by atoms with Crippen molar-refractivity contribution in [1.82, 2.24) is 4.90 Å². The molecule has 1 atom stereocenters. The van der Waals surface area contributed by atoms with E-state index in [4.69, 9.17) is 4.74 Å². The molecule has 2 heterocycles. The quantitative estimate of drug-likeness (QED) is 0.414. The number of ether oxygens (including phenoxy) is 1. The molecule has 2 aliphatic heterocycles. The summed E-state index contributed by atoms with van der Waals surface area (Å²) in [6.07, 6.45) is 2.53. The Balaban J connectivity index is 1.52. The fraction of sp³-hybridized carbons (Fsp3) is 0.600. The van der Waals surface area contributed by atoms with Gasteiger partial charge in [-0.2, -0.15) is 0 Å². The van der Waals surface area contributed by atoms with Crippen LogP contribution in [0.3, 0.4) is 0 Å².